The lowest BCUT2D eigenvalue weighted by atomic mass is 10.2. The highest BCUT2D eigenvalue weighted by atomic mass is 15.1. The average molecular weight is 189 g/mol. The third-order valence-corrected chi connectivity index (χ3v) is 3.22. The third kappa shape index (κ3) is 1.14. The highest BCUT2D eigenvalue weighted by Crippen LogP contribution is 2.22. The highest BCUT2D eigenvalue weighted by Gasteiger charge is 2.23. The second kappa shape index (κ2) is 3.12. The summed E-state index contributed by atoms with van der Waals surface area (Å²) in [7, 11) is 4.27. The standard InChI is InChI=1S/C12H17N2/c1-9-10(2)14(4)12(13(9)3)11-7-5-6-8-11/h5-7H,8H2,1-4H3/q+1. The fraction of sp³-hybridized carbons (Fsp3) is 0.417. The molecule has 0 aliphatic heterocycles. The minimum Gasteiger partial charge on any atom is -0.230 e. The van der Waals surface area contributed by atoms with Crippen LogP contribution in [0.1, 0.15) is 23.6 Å². The van der Waals surface area contributed by atoms with Crippen molar-refractivity contribution in [3.63, 3.8) is 0 Å². The zero-order valence-corrected chi connectivity index (χ0v) is 9.33. The Morgan fingerprint density at radius 2 is 2.07 bits per heavy atom. The van der Waals surface area contributed by atoms with E-state index in [9.17, 15) is 0 Å². The van der Waals surface area contributed by atoms with Gasteiger partial charge in [0.25, 0.3) is 5.82 Å². The SMILES string of the molecule is Cc1c(C)[n+](C)c(C2=CC=CC2)n1C. The number of nitrogens with zero attached hydrogens (tertiary/aromatic N) is 2. The molecule has 1 aromatic rings. The molecular weight excluding hydrogens is 172 g/mol. The Morgan fingerprint density at radius 3 is 2.50 bits per heavy atom. The van der Waals surface area contributed by atoms with E-state index in [0.29, 0.717) is 0 Å². The van der Waals surface area contributed by atoms with Crippen molar-refractivity contribution in [2.24, 2.45) is 14.1 Å². The van der Waals surface area contributed by atoms with Crippen LogP contribution >= 0.6 is 0 Å². The van der Waals surface area contributed by atoms with Crippen molar-refractivity contribution in [2.45, 2.75) is 20.3 Å². The topological polar surface area (TPSA) is 8.81 Å². The molecule has 1 heterocycles. The van der Waals surface area contributed by atoms with Gasteiger partial charge in [0.15, 0.2) is 0 Å². The number of hydrogen-bond donors (Lipinski definition) is 0. The van der Waals surface area contributed by atoms with Crippen LogP contribution in [-0.4, -0.2) is 4.57 Å². The average Bonchev–Trinajstić information content (AvgIpc) is 2.73. The predicted octanol–water partition coefficient (Wildman–Crippen LogP) is 1.81. The zero-order chi connectivity index (χ0) is 10.3. The smallest absolute Gasteiger partial charge is 0.230 e. The number of rotatable bonds is 1. The molecule has 0 unspecified atom stereocenters. The Morgan fingerprint density at radius 1 is 1.36 bits per heavy atom. The summed E-state index contributed by atoms with van der Waals surface area (Å²) >= 11 is 0. The molecule has 0 aromatic carbocycles. The molecule has 1 aromatic heterocycles. The molecule has 2 heteroatoms. The fourth-order valence-electron chi connectivity index (χ4n) is 2.07. The number of aromatic nitrogens is 2. The maximum Gasteiger partial charge on any atom is 0.285 e. The maximum absolute atomic E-state index is 2.27. The van der Waals surface area contributed by atoms with Gasteiger partial charge in [0, 0.05) is 19.4 Å². The maximum atomic E-state index is 2.27. The molecule has 0 amide bonds. The summed E-state index contributed by atoms with van der Waals surface area (Å²) in [6, 6.07) is 0. The summed E-state index contributed by atoms with van der Waals surface area (Å²) in [5.74, 6) is 1.32. The second-order valence-electron chi connectivity index (χ2n) is 3.94. The molecule has 0 fully saturated rings. The van der Waals surface area contributed by atoms with Crippen LogP contribution in [0.5, 0.6) is 0 Å². The van der Waals surface area contributed by atoms with Crippen LogP contribution in [-0.2, 0) is 14.1 Å². The Bertz CT molecular complexity index is 408. The van der Waals surface area contributed by atoms with Gasteiger partial charge in [-0.25, -0.2) is 9.13 Å². The summed E-state index contributed by atoms with van der Waals surface area (Å²) in [5, 5.41) is 0. The Kier molecular flexibility index (Phi) is 2.06. The molecule has 2 rings (SSSR count). The van der Waals surface area contributed by atoms with Crippen LogP contribution in [0.4, 0.5) is 0 Å². The van der Waals surface area contributed by atoms with E-state index in [2.05, 4.69) is 55.3 Å². The van der Waals surface area contributed by atoms with Crippen LogP contribution in [0.2, 0.25) is 0 Å². The molecular formula is C12H17N2+. The van der Waals surface area contributed by atoms with Crippen molar-refractivity contribution in [1.82, 2.24) is 4.57 Å². The lowest BCUT2D eigenvalue weighted by Gasteiger charge is -1.98. The quantitative estimate of drug-likeness (QED) is 0.596. The molecule has 0 spiro atoms. The largest absolute Gasteiger partial charge is 0.285 e. The number of allylic oxidation sites excluding steroid dienone is 4. The van der Waals surface area contributed by atoms with Gasteiger partial charge in [-0.2, -0.15) is 0 Å². The monoisotopic (exact) mass is 189 g/mol. The molecule has 0 atom stereocenters. The number of imidazole rings is 1. The Hall–Kier alpha value is -1.31. The van der Waals surface area contributed by atoms with Crippen LogP contribution in [0, 0.1) is 13.8 Å². The summed E-state index contributed by atoms with van der Waals surface area (Å²) in [5.41, 5.74) is 4.09. The van der Waals surface area contributed by atoms with E-state index in [-0.39, 0.29) is 0 Å². The van der Waals surface area contributed by atoms with Crippen molar-refractivity contribution in [3.05, 3.63) is 35.4 Å². The lowest BCUT2D eigenvalue weighted by Crippen LogP contribution is -2.34. The molecule has 0 saturated heterocycles. The van der Waals surface area contributed by atoms with Crippen molar-refractivity contribution >= 4 is 5.57 Å². The molecule has 2 nitrogen and oxygen atoms in total. The minimum absolute atomic E-state index is 1.06. The molecule has 1 aliphatic carbocycles. The van der Waals surface area contributed by atoms with Crippen molar-refractivity contribution < 1.29 is 4.57 Å². The molecule has 0 N–H and O–H groups in total. The second-order valence-corrected chi connectivity index (χ2v) is 3.94. The van der Waals surface area contributed by atoms with E-state index in [1.54, 1.807) is 0 Å². The molecule has 1 aliphatic rings. The van der Waals surface area contributed by atoms with E-state index in [4.69, 9.17) is 0 Å². The van der Waals surface area contributed by atoms with Gasteiger partial charge in [0.2, 0.25) is 0 Å². The van der Waals surface area contributed by atoms with Crippen LogP contribution in [0.3, 0.4) is 0 Å². The van der Waals surface area contributed by atoms with Gasteiger partial charge in [-0.05, 0) is 6.42 Å². The third-order valence-electron chi connectivity index (χ3n) is 3.22. The fourth-order valence-corrected chi connectivity index (χ4v) is 2.07. The van der Waals surface area contributed by atoms with Gasteiger partial charge in [-0.3, -0.25) is 0 Å². The van der Waals surface area contributed by atoms with E-state index >= 15 is 0 Å². The van der Waals surface area contributed by atoms with Gasteiger partial charge in [0.1, 0.15) is 11.4 Å². The van der Waals surface area contributed by atoms with Crippen molar-refractivity contribution in [3.8, 4) is 0 Å². The van der Waals surface area contributed by atoms with Gasteiger partial charge in [-0.1, -0.05) is 18.2 Å². The summed E-state index contributed by atoms with van der Waals surface area (Å²) in [4.78, 5) is 0. The first-order chi connectivity index (χ1) is 6.63. The first-order valence-electron chi connectivity index (χ1n) is 5.01. The van der Waals surface area contributed by atoms with E-state index in [1.807, 2.05) is 0 Å². The normalized spacial score (nSPS) is 15.0. The predicted molar refractivity (Wildman–Crippen MR) is 57.8 cm³/mol. The van der Waals surface area contributed by atoms with Crippen LogP contribution in [0.15, 0.2) is 18.2 Å². The lowest BCUT2D eigenvalue weighted by molar-refractivity contribution is -0.679. The van der Waals surface area contributed by atoms with Crippen molar-refractivity contribution in [2.75, 3.05) is 0 Å². The van der Waals surface area contributed by atoms with E-state index in [1.165, 1.54) is 22.8 Å². The van der Waals surface area contributed by atoms with E-state index < -0.39 is 0 Å². The highest BCUT2D eigenvalue weighted by molar-refractivity contribution is 5.65. The Labute approximate surface area is 85.2 Å². The molecule has 0 bridgehead atoms. The summed E-state index contributed by atoms with van der Waals surface area (Å²) in [6.07, 6.45) is 7.60. The first kappa shape index (κ1) is 9.25. The summed E-state index contributed by atoms with van der Waals surface area (Å²) < 4.78 is 4.54. The minimum atomic E-state index is 1.06. The molecule has 74 valence electrons. The van der Waals surface area contributed by atoms with Crippen LogP contribution in [0.25, 0.3) is 5.57 Å². The van der Waals surface area contributed by atoms with Gasteiger partial charge < -0.3 is 0 Å². The van der Waals surface area contributed by atoms with E-state index in [0.717, 1.165) is 6.42 Å². The van der Waals surface area contributed by atoms with Crippen molar-refractivity contribution in [1.29, 1.82) is 0 Å². The van der Waals surface area contributed by atoms with Gasteiger partial charge >= 0.3 is 0 Å². The Balaban J connectivity index is 2.58. The van der Waals surface area contributed by atoms with Gasteiger partial charge in [-0.15, -0.1) is 0 Å². The van der Waals surface area contributed by atoms with Crippen LogP contribution < -0.4 is 4.57 Å². The first-order valence-corrected chi connectivity index (χ1v) is 5.01. The molecule has 14 heavy (non-hydrogen) atoms. The molecule has 0 radical (unpaired) electrons. The number of hydrogen-bond acceptors (Lipinski definition) is 0. The van der Waals surface area contributed by atoms with Gasteiger partial charge in [0.05, 0.1) is 14.1 Å². The molecule has 0 saturated carbocycles. The zero-order valence-electron chi connectivity index (χ0n) is 9.33. The summed E-state index contributed by atoms with van der Waals surface area (Å²) in [6.45, 7) is 4.34.